The third-order valence-electron chi connectivity index (χ3n) is 3.10. The maximum atomic E-state index is 4.53. The first-order chi connectivity index (χ1) is 10.9. The van der Waals surface area contributed by atoms with E-state index in [0.717, 1.165) is 23.0 Å². The molecule has 0 spiro atoms. The fraction of sp³-hybridized carbons (Fsp3) is 0.118. The quantitative estimate of drug-likeness (QED) is 0.730. The topological polar surface area (TPSA) is 62.7 Å². The highest BCUT2D eigenvalue weighted by Crippen LogP contribution is 2.11. The van der Waals surface area contributed by atoms with Gasteiger partial charge in [0.2, 0.25) is 0 Å². The van der Waals surface area contributed by atoms with Crippen molar-refractivity contribution in [1.82, 2.24) is 15.0 Å². The van der Waals surface area contributed by atoms with Gasteiger partial charge in [-0.1, -0.05) is 18.2 Å². The van der Waals surface area contributed by atoms with E-state index in [-0.39, 0.29) is 0 Å². The molecule has 5 heteroatoms. The van der Waals surface area contributed by atoms with Gasteiger partial charge in [-0.15, -0.1) is 0 Å². The van der Waals surface area contributed by atoms with Gasteiger partial charge < -0.3 is 10.6 Å². The Morgan fingerprint density at radius 3 is 1.64 bits per heavy atom. The Labute approximate surface area is 129 Å². The standard InChI is InChI=1S/C17H17N5/c1-3-10-18-14(6-1)12-20-16-8-5-9-17(22-16)21-13-15-7-2-4-11-19-15/h1-11H,12-13H2,(H2,20,21,22). The van der Waals surface area contributed by atoms with Crippen molar-refractivity contribution in [3.63, 3.8) is 0 Å². The van der Waals surface area contributed by atoms with E-state index in [1.807, 2.05) is 54.6 Å². The smallest absolute Gasteiger partial charge is 0.128 e. The molecule has 5 nitrogen and oxygen atoms in total. The first kappa shape index (κ1) is 14.0. The van der Waals surface area contributed by atoms with E-state index in [1.54, 1.807) is 12.4 Å². The van der Waals surface area contributed by atoms with E-state index in [9.17, 15) is 0 Å². The highest BCUT2D eigenvalue weighted by Gasteiger charge is 1.99. The Balaban J connectivity index is 1.58. The van der Waals surface area contributed by atoms with Crippen molar-refractivity contribution in [1.29, 1.82) is 0 Å². The van der Waals surface area contributed by atoms with Gasteiger partial charge in [-0.25, -0.2) is 4.98 Å². The van der Waals surface area contributed by atoms with Crippen LogP contribution >= 0.6 is 0 Å². The molecule has 0 amide bonds. The molecule has 0 bridgehead atoms. The van der Waals surface area contributed by atoms with Gasteiger partial charge in [-0.2, -0.15) is 0 Å². The van der Waals surface area contributed by atoms with Gasteiger partial charge in [0, 0.05) is 12.4 Å². The molecule has 3 aromatic heterocycles. The summed E-state index contributed by atoms with van der Waals surface area (Å²) in [6, 6.07) is 17.6. The first-order valence-electron chi connectivity index (χ1n) is 7.15. The monoisotopic (exact) mass is 291 g/mol. The highest BCUT2D eigenvalue weighted by molar-refractivity contribution is 5.45. The fourth-order valence-electron chi connectivity index (χ4n) is 2.00. The van der Waals surface area contributed by atoms with E-state index in [1.165, 1.54) is 0 Å². The SMILES string of the molecule is c1ccc(CNc2cccc(NCc3ccccn3)n2)nc1. The van der Waals surface area contributed by atoms with Crippen LogP contribution in [0.2, 0.25) is 0 Å². The van der Waals surface area contributed by atoms with Gasteiger partial charge in [-0.3, -0.25) is 9.97 Å². The Morgan fingerprint density at radius 2 is 1.18 bits per heavy atom. The van der Waals surface area contributed by atoms with Crippen molar-refractivity contribution in [2.75, 3.05) is 10.6 Å². The Bertz CT molecular complexity index is 642. The summed E-state index contributed by atoms with van der Waals surface area (Å²) in [6.45, 7) is 1.30. The Morgan fingerprint density at radius 1 is 0.636 bits per heavy atom. The molecule has 2 N–H and O–H groups in total. The summed E-state index contributed by atoms with van der Waals surface area (Å²) in [5.74, 6) is 1.63. The van der Waals surface area contributed by atoms with Crippen LogP contribution in [0.3, 0.4) is 0 Å². The van der Waals surface area contributed by atoms with Crippen LogP contribution in [0.5, 0.6) is 0 Å². The summed E-state index contributed by atoms with van der Waals surface area (Å²) in [6.07, 6.45) is 3.57. The minimum Gasteiger partial charge on any atom is -0.364 e. The molecule has 0 unspecified atom stereocenters. The molecule has 0 aromatic carbocycles. The van der Waals surface area contributed by atoms with Crippen LogP contribution in [0.15, 0.2) is 67.0 Å². The summed E-state index contributed by atoms with van der Waals surface area (Å²) >= 11 is 0. The molecular formula is C17H17N5. The van der Waals surface area contributed by atoms with Crippen LogP contribution in [0, 0.1) is 0 Å². The van der Waals surface area contributed by atoms with Crippen LogP contribution in [-0.2, 0) is 13.1 Å². The first-order valence-corrected chi connectivity index (χ1v) is 7.15. The molecule has 3 heterocycles. The molecule has 0 aliphatic rings. The highest BCUT2D eigenvalue weighted by atomic mass is 15.1. The molecule has 3 aromatic rings. The lowest BCUT2D eigenvalue weighted by Gasteiger charge is -2.08. The lowest BCUT2D eigenvalue weighted by molar-refractivity contribution is 1.01. The zero-order valence-corrected chi connectivity index (χ0v) is 12.1. The number of nitrogens with zero attached hydrogens (tertiary/aromatic N) is 3. The normalized spacial score (nSPS) is 10.2. The van der Waals surface area contributed by atoms with Crippen LogP contribution in [0.1, 0.15) is 11.4 Å². The summed E-state index contributed by atoms with van der Waals surface area (Å²) in [5.41, 5.74) is 1.97. The van der Waals surface area contributed by atoms with Crippen molar-refractivity contribution in [2.24, 2.45) is 0 Å². The van der Waals surface area contributed by atoms with Crippen molar-refractivity contribution >= 4 is 11.6 Å². The van der Waals surface area contributed by atoms with E-state index in [2.05, 4.69) is 25.6 Å². The third kappa shape index (κ3) is 4.02. The maximum Gasteiger partial charge on any atom is 0.128 e. The number of hydrogen-bond donors (Lipinski definition) is 2. The number of hydrogen-bond acceptors (Lipinski definition) is 5. The summed E-state index contributed by atoms with van der Waals surface area (Å²) in [7, 11) is 0. The lowest BCUT2D eigenvalue weighted by Crippen LogP contribution is -2.06. The molecule has 110 valence electrons. The number of pyridine rings is 3. The number of rotatable bonds is 6. The van der Waals surface area contributed by atoms with Crippen LogP contribution < -0.4 is 10.6 Å². The minimum absolute atomic E-state index is 0.650. The molecule has 0 radical (unpaired) electrons. The number of anilines is 2. The van der Waals surface area contributed by atoms with Crippen LogP contribution in [-0.4, -0.2) is 15.0 Å². The predicted octanol–water partition coefficient (Wildman–Crippen LogP) is 3.10. The average Bonchev–Trinajstić information content (AvgIpc) is 2.60. The van der Waals surface area contributed by atoms with Gasteiger partial charge in [0.05, 0.1) is 24.5 Å². The average molecular weight is 291 g/mol. The van der Waals surface area contributed by atoms with E-state index < -0.39 is 0 Å². The Hall–Kier alpha value is -2.95. The maximum absolute atomic E-state index is 4.53. The summed E-state index contributed by atoms with van der Waals surface area (Å²) in [5, 5.41) is 6.54. The fourth-order valence-corrected chi connectivity index (χ4v) is 2.00. The molecule has 22 heavy (non-hydrogen) atoms. The molecule has 0 aliphatic carbocycles. The van der Waals surface area contributed by atoms with Gasteiger partial charge in [0.1, 0.15) is 11.6 Å². The van der Waals surface area contributed by atoms with Crippen LogP contribution in [0.25, 0.3) is 0 Å². The molecule has 3 rings (SSSR count). The second kappa shape index (κ2) is 7.17. The van der Waals surface area contributed by atoms with Crippen molar-refractivity contribution in [2.45, 2.75) is 13.1 Å². The largest absolute Gasteiger partial charge is 0.364 e. The predicted molar refractivity (Wildman–Crippen MR) is 87.4 cm³/mol. The second-order valence-corrected chi connectivity index (χ2v) is 4.76. The van der Waals surface area contributed by atoms with Crippen molar-refractivity contribution in [3.05, 3.63) is 78.4 Å². The summed E-state index contributed by atoms with van der Waals surface area (Å²) < 4.78 is 0. The second-order valence-electron chi connectivity index (χ2n) is 4.76. The molecule has 0 atom stereocenters. The molecule has 0 fully saturated rings. The van der Waals surface area contributed by atoms with Crippen LogP contribution in [0.4, 0.5) is 11.6 Å². The minimum atomic E-state index is 0.650. The van der Waals surface area contributed by atoms with Crippen molar-refractivity contribution < 1.29 is 0 Å². The van der Waals surface area contributed by atoms with E-state index in [4.69, 9.17) is 0 Å². The lowest BCUT2D eigenvalue weighted by atomic mass is 10.3. The van der Waals surface area contributed by atoms with Gasteiger partial charge in [-0.05, 0) is 36.4 Å². The van der Waals surface area contributed by atoms with Gasteiger partial charge in [0.25, 0.3) is 0 Å². The van der Waals surface area contributed by atoms with Gasteiger partial charge >= 0.3 is 0 Å². The van der Waals surface area contributed by atoms with Crippen molar-refractivity contribution in [3.8, 4) is 0 Å². The molecule has 0 saturated heterocycles. The number of aromatic nitrogens is 3. The Kier molecular flexibility index (Phi) is 4.57. The molecule has 0 saturated carbocycles. The molecule has 0 aliphatic heterocycles. The third-order valence-corrected chi connectivity index (χ3v) is 3.10. The zero-order chi connectivity index (χ0) is 15.0. The zero-order valence-electron chi connectivity index (χ0n) is 12.1. The molecular weight excluding hydrogens is 274 g/mol. The van der Waals surface area contributed by atoms with E-state index >= 15 is 0 Å². The van der Waals surface area contributed by atoms with Gasteiger partial charge in [0.15, 0.2) is 0 Å². The summed E-state index contributed by atoms with van der Waals surface area (Å²) in [4.78, 5) is 13.1. The number of nitrogens with one attached hydrogen (secondary N) is 2. The van der Waals surface area contributed by atoms with E-state index in [0.29, 0.717) is 13.1 Å².